The second-order valence-electron chi connectivity index (χ2n) is 4.41. The van der Waals surface area contributed by atoms with E-state index in [9.17, 15) is 0 Å². The van der Waals surface area contributed by atoms with Crippen LogP contribution < -0.4 is 5.32 Å². The summed E-state index contributed by atoms with van der Waals surface area (Å²) >= 11 is 1.48. The van der Waals surface area contributed by atoms with E-state index in [4.69, 9.17) is 0 Å². The summed E-state index contributed by atoms with van der Waals surface area (Å²) in [5, 5.41) is 7.71. The first kappa shape index (κ1) is 13.3. The van der Waals surface area contributed by atoms with Crippen LogP contribution in [0.5, 0.6) is 0 Å². The Morgan fingerprint density at radius 3 is 2.69 bits per heavy atom. The molecule has 1 unspecified atom stereocenters. The average Bonchev–Trinajstić information content (AvgIpc) is 2.66. The number of nitrogens with one attached hydrogen (secondary N) is 1. The van der Waals surface area contributed by atoms with Gasteiger partial charge in [0, 0.05) is 0 Å². The molecule has 0 radical (unpaired) electrons. The lowest BCUT2D eigenvalue weighted by Crippen LogP contribution is -2.23. The molecule has 0 aliphatic heterocycles. The molecule has 0 amide bonds. The van der Waals surface area contributed by atoms with Crippen LogP contribution in [0, 0.1) is 0 Å². The van der Waals surface area contributed by atoms with E-state index >= 15 is 0 Å². The maximum absolute atomic E-state index is 4.21. The van der Waals surface area contributed by atoms with Gasteiger partial charge in [-0.15, -0.1) is 5.10 Å². The standard InChI is InChI=1S/C12H21N3S/c1-6-7-13-10(8(2)3)12-11(9(4)5)14-15-16-12/h9-10,13H,2,6-7H2,1,3-5H3. The van der Waals surface area contributed by atoms with E-state index in [0.29, 0.717) is 5.92 Å². The number of rotatable bonds is 6. The molecule has 0 aliphatic rings. The zero-order valence-electron chi connectivity index (χ0n) is 10.6. The number of hydrogen-bond donors (Lipinski definition) is 1. The van der Waals surface area contributed by atoms with Crippen molar-refractivity contribution in [1.29, 1.82) is 0 Å². The number of aromatic nitrogens is 2. The van der Waals surface area contributed by atoms with Crippen LogP contribution in [-0.2, 0) is 0 Å². The molecule has 0 saturated heterocycles. The highest BCUT2D eigenvalue weighted by Crippen LogP contribution is 2.29. The first-order valence-electron chi connectivity index (χ1n) is 5.78. The first-order valence-corrected chi connectivity index (χ1v) is 6.56. The summed E-state index contributed by atoms with van der Waals surface area (Å²) < 4.78 is 4.07. The normalized spacial score (nSPS) is 13.1. The van der Waals surface area contributed by atoms with E-state index in [1.807, 2.05) is 0 Å². The van der Waals surface area contributed by atoms with Crippen LogP contribution in [-0.4, -0.2) is 16.1 Å². The van der Waals surface area contributed by atoms with Gasteiger partial charge >= 0.3 is 0 Å². The molecule has 0 fully saturated rings. The van der Waals surface area contributed by atoms with Crippen LogP contribution in [0.25, 0.3) is 0 Å². The third-order valence-corrected chi connectivity index (χ3v) is 3.25. The van der Waals surface area contributed by atoms with Crippen LogP contribution in [0.15, 0.2) is 12.2 Å². The van der Waals surface area contributed by atoms with Gasteiger partial charge in [0.15, 0.2) is 0 Å². The maximum atomic E-state index is 4.21. The third-order valence-electron chi connectivity index (χ3n) is 2.44. The van der Waals surface area contributed by atoms with E-state index in [0.717, 1.165) is 24.2 Å². The molecule has 3 nitrogen and oxygen atoms in total. The minimum Gasteiger partial charge on any atom is -0.306 e. The fourth-order valence-corrected chi connectivity index (χ4v) is 2.56. The molecule has 0 spiro atoms. The summed E-state index contributed by atoms with van der Waals surface area (Å²) in [7, 11) is 0. The minimum absolute atomic E-state index is 0.206. The molecule has 1 aromatic rings. The second kappa shape index (κ2) is 6.11. The lowest BCUT2D eigenvalue weighted by molar-refractivity contribution is 0.589. The Kier molecular flexibility index (Phi) is 5.09. The summed E-state index contributed by atoms with van der Waals surface area (Å²) in [4.78, 5) is 1.22. The van der Waals surface area contributed by atoms with E-state index in [1.165, 1.54) is 16.4 Å². The Morgan fingerprint density at radius 1 is 1.50 bits per heavy atom. The summed E-state index contributed by atoms with van der Waals surface area (Å²) in [6.45, 7) is 13.6. The molecule has 1 N–H and O–H groups in total. The van der Waals surface area contributed by atoms with E-state index in [1.54, 1.807) is 0 Å². The van der Waals surface area contributed by atoms with Crippen LogP contribution in [0.2, 0.25) is 0 Å². The summed E-state index contributed by atoms with van der Waals surface area (Å²) in [6.07, 6.45) is 1.12. The molecular formula is C12H21N3S. The van der Waals surface area contributed by atoms with Crippen molar-refractivity contribution in [2.45, 2.75) is 46.1 Å². The minimum atomic E-state index is 0.206. The Labute approximate surface area is 102 Å². The lowest BCUT2D eigenvalue weighted by Gasteiger charge is -2.18. The van der Waals surface area contributed by atoms with Crippen molar-refractivity contribution >= 4 is 11.5 Å². The van der Waals surface area contributed by atoms with Crippen molar-refractivity contribution in [2.24, 2.45) is 0 Å². The van der Waals surface area contributed by atoms with Crippen molar-refractivity contribution in [2.75, 3.05) is 6.54 Å². The van der Waals surface area contributed by atoms with Gasteiger partial charge in [0.1, 0.15) is 0 Å². The average molecular weight is 239 g/mol. The van der Waals surface area contributed by atoms with Gasteiger partial charge in [-0.3, -0.25) is 0 Å². The SMILES string of the molecule is C=C(C)C(NCCC)c1snnc1C(C)C. The van der Waals surface area contributed by atoms with Crippen LogP contribution in [0.4, 0.5) is 0 Å². The smallest absolute Gasteiger partial charge is 0.0832 e. The van der Waals surface area contributed by atoms with Gasteiger partial charge in [-0.25, -0.2) is 0 Å². The monoisotopic (exact) mass is 239 g/mol. The van der Waals surface area contributed by atoms with Gasteiger partial charge < -0.3 is 5.32 Å². The van der Waals surface area contributed by atoms with Crippen molar-refractivity contribution in [1.82, 2.24) is 14.9 Å². The van der Waals surface area contributed by atoms with Crippen LogP contribution in [0.3, 0.4) is 0 Å². The largest absolute Gasteiger partial charge is 0.306 e. The number of hydrogen-bond acceptors (Lipinski definition) is 4. The molecule has 90 valence electrons. The molecule has 0 bridgehead atoms. The molecule has 0 saturated carbocycles. The summed E-state index contributed by atoms with van der Waals surface area (Å²) in [6, 6.07) is 0.206. The topological polar surface area (TPSA) is 37.8 Å². The Balaban J connectivity index is 2.92. The van der Waals surface area contributed by atoms with E-state index < -0.39 is 0 Å². The van der Waals surface area contributed by atoms with E-state index in [2.05, 4.69) is 49.2 Å². The summed E-state index contributed by atoms with van der Waals surface area (Å²) in [5.41, 5.74) is 2.23. The van der Waals surface area contributed by atoms with Crippen molar-refractivity contribution < 1.29 is 0 Å². The molecule has 1 atom stereocenters. The van der Waals surface area contributed by atoms with Gasteiger partial charge in [-0.05, 0) is 37.3 Å². The molecule has 0 aliphatic carbocycles. The molecule has 1 rings (SSSR count). The number of nitrogens with zero attached hydrogens (tertiary/aromatic N) is 2. The first-order chi connectivity index (χ1) is 7.57. The van der Waals surface area contributed by atoms with Crippen molar-refractivity contribution in [3.05, 3.63) is 22.7 Å². The summed E-state index contributed by atoms with van der Waals surface area (Å²) in [5.74, 6) is 0.416. The fraction of sp³-hybridized carbons (Fsp3) is 0.667. The highest BCUT2D eigenvalue weighted by atomic mass is 32.1. The lowest BCUT2D eigenvalue weighted by atomic mass is 10.0. The predicted octanol–water partition coefficient (Wildman–Crippen LogP) is 3.28. The third kappa shape index (κ3) is 3.12. The molecule has 1 heterocycles. The van der Waals surface area contributed by atoms with Gasteiger partial charge in [-0.2, -0.15) is 0 Å². The molecule has 16 heavy (non-hydrogen) atoms. The zero-order chi connectivity index (χ0) is 12.1. The van der Waals surface area contributed by atoms with Crippen LogP contribution in [0.1, 0.15) is 56.6 Å². The predicted molar refractivity (Wildman–Crippen MR) is 69.8 cm³/mol. The van der Waals surface area contributed by atoms with Crippen molar-refractivity contribution in [3.63, 3.8) is 0 Å². The Morgan fingerprint density at radius 2 is 2.19 bits per heavy atom. The quantitative estimate of drug-likeness (QED) is 0.774. The molecule has 4 heteroatoms. The Bertz CT molecular complexity index is 344. The maximum Gasteiger partial charge on any atom is 0.0832 e. The Hall–Kier alpha value is -0.740. The van der Waals surface area contributed by atoms with Crippen molar-refractivity contribution in [3.8, 4) is 0 Å². The molecule has 1 aromatic heterocycles. The van der Waals surface area contributed by atoms with Gasteiger partial charge in [0.2, 0.25) is 0 Å². The second-order valence-corrected chi connectivity index (χ2v) is 5.20. The van der Waals surface area contributed by atoms with Crippen LogP contribution >= 0.6 is 11.5 Å². The highest BCUT2D eigenvalue weighted by molar-refractivity contribution is 7.05. The van der Waals surface area contributed by atoms with Gasteiger partial charge in [0.25, 0.3) is 0 Å². The van der Waals surface area contributed by atoms with Gasteiger partial charge in [-0.1, -0.05) is 37.4 Å². The van der Waals surface area contributed by atoms with E-state index in [-0.39, 0.29) is 6.04 Å². The molecule has 0 aromatic carbocycles. The molecular weight excluding hydrogens is 218 g/mol. The highest BCUT2D eigenvalue weighted by Gasteiger charge is 2.20. The zero-order valence-corrected chi connectivity index (χ0v) is 11.4. The van der Waals surface area contributed by atoms with Gasteiger partial charge in [0.05, 0.1) is 16.6 Å². The fourth-order valence-electron chi connectivity index (χ4n) is 1.58.